The van der Waals surface area contributed by atoms with Gasteiger partial charge in [0.2, 0.25) is 5.91 Å². The molecule has 118 valence electrons. The van der Waals surface area contributed by atoms with E-state index in [0.717, 1.165) is 32.9 Å². The van der Waals surface area contributed by atoms with Gasteiger partial charge in [-0.2, -0.15) is 0 Å². The van der Waals surface area contributed by atoms with E-state index >= 15 is 0 Å². The molecule has 0 unspecified atom stereocenters. The second-order valence-electron chi connectivity index (χ2n) is 5.05. The Kier molecular flexibility index (Phi) is 4.57. The fourth-order valence-corrected chi connectivity index (χ4v) is 3.00. The van der Waals surface area contributed by atoms with Crippen LogP contribution in [0.5, 0.6) is 5.75 Å². The van der Waals surface area contributed by atoms with Gasteiger partial charge in [0.15, 0.2) is 0 Å². The highest BCUT2D eigenvalue weighted by molar-refractivity contribution is 7.98. The largest absolute Gasteiger partial charge is 0.497 e. The van der Waals surface area contributed by atoms with Crippen molar-refractivity contribution in [3.63, 3.8) is 0 Å². The van der Waals surface area contributed by atoms with Crippen molar-refractivity contribution >= 4 is 34.3 Å². The van der Waals surface area contributed by atoms with Crippen LogP contribution in [0.15, 0.2) is 58.0 Å². The van der Waals surface area contributed by atoms with Crippen LogP contribution in [0, 0.1) is 0 Å². The SMILES string of the molecule is COc1ccc2c(CC(=O)Nc3ccccc3SC)coc2c1. The molecule has 1 heterocycles. The minimum atomic E-state index is -0.0648. The Morgan fingerprint density at radius 1 is 1.26 bits per heavy atom. The third-order valence-corrected chi connectivity index (χ3v) is 4.39. The van der Waals surface area contributed by atoms with E-state index in [0.29, 0.717) is 0 Å². The van der Waals surface area contributed by atoms with Gasteiger partial charge in [0.05, 0.1) is 25.5 Å². The molecule has 0 radical (unpaired) electrons. The summed E-state index contributed by atoms with van der Waals surface area (Å²) < 4.78 is 10.7. The average molecular weight is 327 g/mol. The Hall–Kier alpha value is -2.40. The summed E-state index contributed by atoms with van der Waals surface area (Å²) in [6, 6.07) is 13.4. The zero-order valence-corrected chi connectivity index (χ0v) is 13.8. The van der Waals surface area contributed by atoms with Crippen LogP contribution in [0.25, 0.3) is 11.0 Å². The smallest absolute Gasteiger partial charge is 0.228 e. The molecule has 0 aliphatic rings. The molecular weight excluding hydrogens is 310 g/mol. The number of benzene rings is 2. The predicted molar refractivity (Wildman–Crippen MR) is 93.3 cm³/mol. The number of amides is 1. The maximum absolute atomic E-state index is 12.3. The number of thioether (sulfide) groups is 1. The van der Waals surface area contributed by atoms with Gasteiger partial charge >= 0.3 is 0 Å². The number of ether oxygens (including phenoxy) is 1. The van der Waals surface area contributed by atoms with E-state index in [4.69, 9.17) is 9.15 Å². The minimum absolute atomic E-state index is 0.0648. The van der Waals surface area contributed by atoms with Gasteiger partial charge in [-0.15, -0.1) is 11.8 Å². The zero-order valence-electron chi connectivity index (χ0n) is 13.0. The number of carbonyl (C=O) groups excluding carboxylic acids is 1. The Morgan fingerprint density at radius 2 is 2.09 bits per heavy atom. The number of rotatable bonds is 5. The van der Waals surface area contributed by atoms with Crippen LogP contribution in [0.4, 0.5) is 5.69 Å². The van der Waals surface area contributed by atoms with Crippen LogP contribution in [0.3, 0.4) is 0 Å². The lowest BCUT2D eigenvalue weighted by atomic mass is 10.1. The molecular formula is C18H17NO3S. The van der Waals surface area contributed by atoms with Crippen LogP contribution in [-0.4, -0.2) is 19.3 Å². The molecule has 23 heavy (non-hydrogen) atoms. The van der Waals surface area contributed by atoms with Gasteiger partial charge in [0.25, 0.3) is 0 Å². The van der Waals surface area contributed by atoms with E-state index in [1.54, 1.807) is 25.1 Å². The third-order valence-electron chi connectivity index (χ3n) is 3.59. The number of hydrogen-bond acceptors (Lipinski definition) is 4. The first-order valence-corrected chi connectivity index (χ1v) is 8.40. The lowest BCUT2D eigenvalue weighted by Crippen LogP contribution is -2.14. The number of furan rings is 1. The van der Waals surface area contributed by atoms with Gasteiger partial charge in [-0.1, -0.05) is 12.1 Å². The summed E-state index contributed by atoms with van der Waals surface area (Å²) in [4.78, 5) is 13.4. The molecule has 0 fully saturated rings. The first kappa shape index (κ1) is 15.5. The Labute approximate surface area is 138 Å². The summed E-state index contributed by atoms with van der Waals surface area (Å²) in [6.07, 6.45) is 3.88. The normalized spacial score (nSPS) is 10.7. The molecule has 0 aliphatic heterocycles. The van der Waals surface area contributed by atoms with Crippen LogP contribution in [0.2, 0.25) is 0 Å². The molecule has 0 aliphatic carbocycles. The maximum atomic E-state index is 12.3. The van der Waals surface area contributed by atoms with Crippen LogP contribution < -0.4 is 10.1 Å². The number of hydrogen-bond donors (Lipinski definition) is 1. The van der Waals surface area contributed by atoms with Crippen LogP contribution in [-0.2, 0) is 11.2 Å². The summed E-state index contributed by atoms with van der Waals surface area (Å²) in [5, 5.41) is 3.89. The van der Waals surface area contributed by atoms with E-state index in [-0.39, 0.29) is 12.3 Å². The second-order valence-corrected chi connectivity index (χ2v) is 5.90. The molecule has 0 saturated carbocycles. The van der Waals surface area contributed by atoms with E-state index < -0.39 is 0 Å². The first-order valence-electron chi connectivity index (χ1n) is 7.18. The molecule has 1 amide bonds. The van der Waals surface area contributed by atoms with Crippen molar-refractivity contribution in [1.82, 2.24) is 0 Å². The van der Waals surface area contributed by atoms with Crippen molar-refractivity contribution in [3.05, 3.63) is 54.3 Å². The van der Waals surface area contributed by atoms with Gasteiger partial charge in [0, 0.05) is 21.9 Å². The number of fused-ring (bicyclic) bond motifs is 1. The van der Waals surface area contributed by atoms with Gasteiger partial charge in [0.1, 0.15) is 11.3 Å². The fourth-order valence-electron chi connectivity index (χ4n) is 2.44. The molecule has 3 rings (SSSR count). The lowest BCUT2D eigenvalue weighted by Gasteiger charge is -2.08. The van der Waals surface area contributed by atoms with Crippen LogP contribution >= 0.6 is 11.8 Å². The molecule has 3 aromatic rings. The minimum Gasteiger partial charge on any atom is -0.497 e. The van der Waals surface area contributed by atoms with Gasteiger partial charge in [-0.05, 0) is 30.5 Å². The summed E-state index contributed by atoms with van der Waals surface area (Å²) in [5.74, 6) is 0.668. The second kappa shape index (κ2) is 6.79. The lowest BCUT2D eigenvalue weighted by molar-refractivity contribution is -0.115. The molecule has 4 nitrogen and oxygen atoms in total. The predicted octanol–water partition coefficient (Wildman–Crippen LogP) is 4.34. The molecule has 1 N–H and O–H groups in total. The van der Waals surface area contributed by atoms with E-state index in [1.807, 2.05) is 48.7 Å². The number of methoxy groups -OCH3 is 1. The third kappa shape index (κ3) is 3.35. The van der Waals surface area contributed by atoms with Crippen molar-refractivity contribution < 1.29 is 13.9 Å². The van der Waals surface area contributed by atoms with Crippen LogP contribution in [0.1, 0.15) is 5.56 Å². The highest BCUT2D eigenvalue weighted by Gasteiger charge is 2.12. The van der Waals surface area contributed by atoms with Crippen molar-refractivity contribution in [1.29, 1.82) is 0 Å². The van der Waals surface area contributed by atoms with Gasteiger partial charge < -0.3 is 14.5 Å². The number of anilines is 1. The average Bonchev–Trinajstić information content (AvgIpc) is 2.97. The number of nitrogens with one attached hydrogen (secondary N) is 1. The van der Waals surface area contributed by atoms with E-state index in [1.165, 1.54) is 0 Å². The van der Waals surface area contributed by atoms with Crippen molar-refractivity contribution in [2.75, 3.05) is 18.7 Å². The standard InChI is InChI=1S/C18H17NO3S/c1-21-13-7-8-14-12(11-22-16(14)10-13)9-18(20)19-15-5-3-4-6-17(15)23-2/h3-8,10-11H,9H2,1-2H3,(H,19,20). The first-order chi connectivity index (χ1) is 11.2. The Bertz CT molecular complexity index is 841. The fraction of sp³-hybridized carbons (Fsp3) is 0.167. The Balaban J connectivity index is 1.78. The highest BCUT2D eigenvalue weighted by Crippen LogP contribution is 2.27. The molecule has 5 heteroatoms. The number of carbonyl (C=O) groups is 1. The quantitative estimate of drug-likeness (QED) is 0.708. The molecule has 1 aromatic heterocycles. The van der Waals surface area contributed by atoms with Crippen molar-refractivity contribution in [3.8, 4) is 5.75 Å². The van der Waals surface area contributed by atoms with Crippen molar-refractivity contribution in [2.45, 2.75) is 11.3 Å². The van der Waals surface area contributed by atoms with E-state index in [2.05, 4.69) is 5.32 Å². The summed E-state index contributed by atoms with van der Waals surface area (Å²) in [5.41, 5.74) is 2.41. The molecule has 0 bridgehead atoms. The van der Waals surface area contributed by atoms with E-state index in [9.17, 15) is 4.79 Å². The number of para-hydroxylation sites is 1. The van der Waals surface area contributed by atoms with Gasteiger partial charge in [-0.25, -0.2) is 0 Å². The summed E-state index contributed by atoms with van der Waals surface area (Å²) >= 11 is 1.60. The monoisotopic (exact) mass is 327 g/mol. The summed E-state index contributed by atoms with van der Waals surface area (Å²) in [6.45, 7) is 0. The highest BCUT2D eigenvalue weighted by atomic mass is 32.2. The van der Waals surface area contributed by atoms with Crippen molar-refractivity contribution in [2.24, 2.45) is 0 Å². The van der Waals surface area contributed by atoms with Gasteiger partial charge in [-0.3, -0.25) is 4.79 Å². The Morgan fingerprint density at radius 3 is 2.87 bits per heavy atom. The zero-order chi connectivity index (χ0) is 16.2. The molecule has 2 aromatic carbocycles. The maximum Gasteiger partial charge on any atom is 0.228 e. The summed E-state index contributed by atoms with van der Waals surface area (Å²) in [7, 11) is 1.61. The molecule has 0 saturated heterocycles. The topological polar surface area (TPSA) is 51.5 Å². The molecule has 0 atom stereocenters. The molecule has 0 spiro atoms.